The highest BCUT2D eigenvalue weighted by Crippen LogP contribution is 2.25. The maximum Gasteiger partial charge on any atom is 0.213 e. The number of pyridine rings is 2. The summed E-state index contributed by atoms with van der Waals surface area (Å²) in [4.78, 5) is 10.0. The molecule has 1 aliphatic heterocycles. The zero-order valence-corrected chi connectivity index (χ0v) is 16.1. The molecule has 0 saturated carbocycles. The molecule has 0 bridgehead atoms. The van der Waals surface area contributed by atoms with Gasteiger partial charge < -0.3 is 4.90 Å². The lowest BCUT2D eigenvalue weighted by molar-refractivity contribution is 0.502. The monoisotopic (exact) mass is 385 g/mol. The molecule has 4 heterocycles. The van der Waals surface area contributed by atoms with Crippen LogP contribution in [0.15, 0.2) is 72.9 Å². The Morgan fingerprint density at radius 2 is 1.93 bits per heavy atom. The van der Waals surface area contributed by atoms with Crippen LogP contribution in [0, 0.1) is 5.95 Å². The first kappa shape index (κ1) is 18.7. The highest BCUT2D eigenvalue weighted by Gasteiger charge is 2.17. The second-order valence-electron chi connectivity index (χ2n) is 6.66. The largest absolute Gasteiger partial charge is 0.334 e. The van der Waals surface area contributed by atoms with Crippen LogP contribution < -0.4 is 0 Å². The zero-order chi connectivity index (χ0) is 20.1. The van der Waals surface area contributed by atoms with Gasteiger partial charge in [-0.3, -0.25) is 4.98 Å². The average Bonchev–Trinajstić information content (AvgIpc) is 2.76. The van der Waals surface area contributed by atoms with E-state index in [0.717, 1.165) is 35.4 Å². The molecule has 0 aliphatic carbocycles. The van der Waals surface area contributed by atoms with Crippen LogP contribution in [0.25, 0.3) is 17.0 Å². The lowest BCUT2D eigenvalue weighted by Crippen LogP contribution is -2.19. The maximum absolute atomic E-state index is 13.6. The van der Waals surface area contributed by atoms with Crippen molar-refractivity contribution in [3.63, 3.8) is 0 Å². The van der Waals surface area contributed by atoms with Crippen molar-refractivity contribution in [3.8, 4) is 11.3 Å². The molecule has 3 aromatic heterocycles. The van der Waals surface area contributed by atoms with Crippen LogP contribution >= 0.6 is 0 Å². The van der Waals surface area contributed by atoms with E-state index in [2.05, 4.69) is 38.9 Å². The minimum Gasteiger partial charge on any atom is -0.334 e. The van der Waals surface area contributed by atoms with Gasteiger partial charge >= 0.3 is 0 Å². The number of hydrogen-bond acceptors (Lipinski definition) is 5. The first-order valence-corrected chi connectivity index (χ1v) is 9.53. The predicted octanol–water partition coefficient (Wildman–Crippen LogP) is 4.55. The number of rotatable bonds is 6. The van der Waals surface area contributed by atoms with Crippen molar-refractivity contribution in [2.24, 2.45) is 0 Å². The van der Waals surface area contributed by atoms with E-state index in [1.54, 1.807) is 30.6 Å². The Morgan fingerprint density at radius 3 is 2.72 bits per heavy atom. The molecule has 0 spiro atoms. The topological polar surface area (TPSA) is 54.8 Å². The molecule has 0 radical (unpaired) electrons. The van der Waals surface area contributed by atoms with Crippen LogP contribution in [0.5, 0.6) is 0 Å². The van der Waals surface area contributed by atoms with Crippen molar-refractivity contribution < 1.29 is 4.39 Å². The summed E-state index contributed by atoms with van der Waals surface area (Å²) in [5.41, 5.74) is 8.24. The summed E-state index contributed by atoms with van der Waals surface area (Å²) in [5, 5.41) is 8.95. The van der Waals surface area contributed by atoms with Crippen LogP contribution in [-0.2, 0) is 13.0 Å². The minimum atomic E-state index is -0.514. The first-order chi connectivity index (χ1) is 14.2. The standard InChI is InChI=1S/C23H20FN5/c1-2-6-18-15-20(17-10-12-25-13-11-17)27-28-21(18)16-29-14-4-3-8-22(29)19-7-5-9-23(24)26-19/h3-5,7,9-15H,2,6,16H2,1H3. The van der Waals surface area contributed by atoms with Crippen LogP contribution in [0.4, 0.5) is 4.39 Å². The van der Waals surface area contributed by atoms with Crippen molar-refractivity contribution >= 4 is 5.70 Å². The van der Waals surface area contributed by atoms with Crippen LogP contribution in [-0.4, -0.2) is 25.1 Å². The van der Waals surface area contributed by atoms with E-state index >= 15 is 0 Å². The van der Waals surface area contributed by atoms with E-state index in [9.17, 15) is 4.39 Å². The Balaban J connectivity index is 1.66. The minimum absolute atomic E-state index is 0.504. The van der Waals surface area contributed by atoms with Gasteiger partial charge in [0.25, 0.3) is 0 Å². The third-order valence-corrected chi connectivity index (χ3v) is 4.60. The van der Waals surface area contributed by atoms with Crippen molar-refractivity contribution in [3.05, 3.63) is 95.8 Å². The summed E-state index contributed by atoms with van der Waals surface area (Å²) in [6.45, 7) is 2.64. The molecule has 0 aromatic carbocycles. The summed E-state index contributed by atoms with van der Waals surface area (Å²) >= 11 is 0. The Kier molecular flexibility index (Phi) is 5.54. The molecule has 6 heteroatoms. The summed E-state index contributed by atoms with van der Waals surface area (Å²) < 4.78 is 13.6. The Hall–Kier alpha value is -3.63. The Labute approximate surface area is 169 Å². The highest BCUT2D eigenvalue weighted by atomic mass is 19.1. The van der Waals surface area contributed by atoms with Crippen molar-refractivity contribution in [2.45, 2.75) is 26.3 Å². The van der Waals surface area contributed by atoms with Gasteiger partial charge in [-0.25, -0.2) is 4.98 Å². The second-order valence-corrected chi connectivity index (χ2v) is 6.66. The van der Waals surface area contributed by atoms with E-state index in [1.165, 1.54) is 6.07 Å². The van der Waals surface area contributed by atoms with E-state index in [1.807, 2.05) is 29.3 Å². The van der Waals surface area contributed by atoms with Gasteiger partial charge in [-0.05, 0) is 54.5 Å². The average molecular weight is 385 g/mol. The molecule has 1 aliphatic rings. The van der Waals surface area contributed by atoms with Gasteiger partial charge in [0, 0.05) is 24.2 Å². The molecule has 144 valence electrons. The zero-order valence-electron chi connectivity index (χ0n) is 16.1. The number of aromatic nitrogens is 4. The van der Waals surface area contributed by atoms with Gasteiger partial charge in [0.1, 0.15) is 5.70 Å². The predicted molar refractivity (Wildman–Crippen MR) is 110 cm³/mol. The summed E-state index contributed by atoms with van der Waals surface area (Å²) in [5.74, 6) is -0.514. The summed E-state index contributed by atoms with van der Waals surface area (Å²) in [7, 11) is 0. The number of hydrogen-bond donors (Lipinski definition) is 0. The van der Waals surface area contributed by atoms with Gasteiger partial charge in [0.2, 0.25) is 5.95 Å². The van der Waals surface area contributed by atoms with E-state index in [0.29, 0.717) is 17.9 Å². The number of nitrogens with zero attached hydrogens (tertiary/aromatic N) is 5. The molecule has 0 atom stereocenters. The lowest BCUT2D eigenvalue weighted by Gasteiger charge is -2.24. The molecule has 5 nitrogen and oxygen atoms in total. The molecule has 29 heavy (non-hydrogen) atoms. The molecular weight excluding hydrogens is 365 g/mol. The molecule has 3 aromatic rings. The van der Waals surface area contributed by atoms with Crippen molar-refractivity contribution in [1.29, 1.82) is 0 Å². The third kappa shape index (κ3) is 4.28. The first-order valence-electron chi connectivity index (χ1n) is 9.53. The normalized spacial score (nSPS) is 12.9. The molecular formula is C23H20FN5. The van der Waals surface area contributed by atoms with Gasteiger partial charge in [-0.2, -0.15) is 14.6 Å². The van der Waals surface area contributed by atoms with Gasteiger partial charge in [-0.1, -0.05) is 25.1 Å². The maximum atomic E-state index is 13.6. The van der Waals surface area contributed by atoms with Gasteiger partial charge in [0.05, 0.1) is 23.6 Å². The summed E-state index contributed by atoms with van der Waals surface area (Å²) in [6, 6.07) is 10.7. The van der Waals surface area contributed by atoms with Gasteiger partial charge in [0.15, 0.2) is 0 Å². The fraction of sp³-hybridized carbons (Fsp3) is 0.174. The Morgan fingerprint density at radius 1 is 1.07 bits per heavy atom. The third-order valence-electron chi connectivity index (χ3n) is 4.60. The molecule has 4 rings (SSSR count). The molecule has 0 saturated heterocycles. The quantitative estimate of drug-likeness (QED) is 0.460. The highest BCUT2D eigenvalue weighted by molar-refractivity contribution is 5.63. The fourth-order valence-electron chi connectivity index (χ4n) is 3.22. The number of aryl methyl sites for hydroxylation is 1. The van der Waals surface area contributed by atoms with Crippen molar-refractivity contribution in [1.82, 2.24) is 25.1 Å². The van der Waals surface area contributed by atoms with E-state index < -0.39 is 5.95 Å². The fourth-order valence-corrected chi connectivity index (χ4v) is 3.22. The number of allylic oxidation sites excluding steroid dienone is 2. The molecule has 0 N–H and O–H groups in total. The van der Waals surface area contributed by atoms with Crippen LogP contribution in [0.1, 0.15) is 30.3 Å². The lowest BCUT2D eigenvalue weighted by atomic mass is 10.0. The van der Waals surface area contributed by atoms with Crippen LogP contribution in [0.3, 0.4) is 0 Å². The summed E-state index contributed by atoms with van der Waals surface area (Å²) in [6.07, 6.45) is 11.0. The molecule has 0 amide bonds. The molecule has 0 fully saturated rings. The smallest absolute Gasteiger partial charge is 0.213 e. The SMILES string of the molecule is CCCc1cc(-c2ccncc2)nnc1CN1C=CC=C=C1c1cccc(F)n1. The van der Waals surface area contributed by atoms with Gasteiger partial charge in [-0.15, -0.1) is 0 Å². The molecule has 0 unspecified atom stereocenters. The Bertz CT molecular complexity index is 1100. The van der Waals surface area contributed by atoms with E-state index in [4.69, 9.17) is 0 Å². The van der Waals surface area contributed by atoms with Crippen molar-refractivity contribution in [2.75, 3.05) is 0 Å². The second kappa shape index (κ2) is 8.59. The van der Waals surface area contributed by atoms with E-state index in [-0.39, 0.29) is 0 Å². The number of halogens is 1. The van der Waals surface area contributed by atoms with Crippen LogP contribution in [0.2, 0.25) is 0 Å².